The number of aryl methyl sites for hydroxylation is 1. The Balaban J connectivity index is 1.90. The Morgan fingerprint density at radius 3 is 2.35 bits per heavy atom. The molecule has 0 amide bonds. The zero-order valence-corrected chi connectivity index (χ0v) is 11.9. The number of fused-ring (bicyclic) bond motifs is 2. The Labute approximate surface area is 120 Å². The predicted molar refractivity (Wildman–Crippen MR) is 84.8 cm³/mol. The molecule has 2 N–H and O–H groups in total. The highest BCUT2D eigenvalue weighted by atomic mass is 14.6. The molecular weight excluding hydrogens is 242 g/mol. The highest BCUT2D eigenvalue weighted by molar-refractivity contribution is 5.81. The Kier molecular flexibility index (Phi) is 2.63. The summed E-state index contributed by atoms with van der Waals surface area (Å²) in [6.45, 7) is 0. The van der Waals surface area contributed by atoms with E-state index < -0.39 is 0 Å². The van der Waals surface area contributed by atoms with E-state index in [2.05, 4.69) is 42.5 Å². The van der Waals surface area contributed by atoms with Gasteiger partial charge < -0.3 is 5.73 Å². The van der Waals surface area contributed by atoms with Crippen molar-refractivity contribution in [1.82, 2.24) is 0 Å². The van der Waals surface area contributed by atoms with Crippen LogP contribution in [0.1, 0.15) is 43.2 Å². The van der Waals surface area contributed by atoms with Gasteiger partial charge in [-0.25, -0.2) is 0 Å². The number of benzene rings is 2. The molecule has 0 saturated heterocycles. The van der Waals surface area contributed by atoms with Crippen LogP contribution in [0.25, 0.3) is 11.1 Å². The van der Waals surface area contributed by atoms with E-state index >= 15 is 0 Å². The molecule has 1 heteroatoms. The van der Waals surface area contributed by atoms with Gasteiger partial charge in [-0.15, -0.1) is 0 Å². The van der Waals surface area contributed by atoms with Crippen molar-refractivity contribution in [1.29, 1.82) is 0 Å². The van der Waals surface area contributed by atoms with E-state index in [1.165, 1.54) is 60.8 Å². The van der Waals surface area contributed by atoms with Gasteiger partial charge in [0.05, 0.1) is 0 Å². The third-order valence-electron chi connectivity index (χ3n) is 5.38. The second-order valence-corrected chi connectivity index (χ2v) is 6.41. The molecule has 0 radical (unpaired) electrons. The summed E-state index contributed by atoms with van der Waals surface area (Å²) in [5, 5.41) is 0. The molecule has 2 aliphatic carbocycles. The van der Waals surface area contributed by atoms with Crippen molar-refractivity contribution in [2.24, 2.45) is 0 Å². The predicted octanol–water partition coefficient (Wildman–Crippen LogP) is 4.69. The zero-order chi connectivity index (χ0) is 13.6. The normalized spacial score (nSPS) is 19.4. The van der Waals surface area contributed by atoms with Crippen molar-refractivity contribution in [3.8, 4) is 11.1 Å². The van der Waals surface area contributed by atoms with Crippen LogP contribution >= 0.6 is 0 Å². The molecule has 0 aliphatic heterocycles. The van der Waals surface area contributed by atoms with Crippen molar-refractivity contribution in [3.05, 3.63) is 53.6 Å². The first-order chi connectivity index (χ1) is 9.80. The summed E-state index contributed by atoms with van der Waals surface area (Å²) < 4.78 is 0. The van der Waals surface area contributed by atoms with Crippen molar-refractivity contribution >= 4 is 5.69 Å². The monoisotopic (exact) mass is 263 g/mol. The van der Waals surface area contributed by atoms with Gasteiger partial charge in [-0.2, -0.15) is 0 Å². The maximum atomic E-state index is 6.62. The second-order valence-electron chi connectivity index (χ2n) is 6.41. The smallest absolute Gasteiger partial charge is 0.0434 e. The molecule has 4 rings (SSSR count). The van der Waals surface area contributed by atoms with Gasteiger partial charge in [-0.3, -0.25) is 0 Å². The maximum Gasteiger partial charge on any atom is 0.0434 e. The fraction of sp³-hybridized carbons (Fsp3) is 0.368. The van der Waals surface area contributed by atoms with Gasteiger partial charge in [0.2, 0.25) is 0 Å². The van der Waals surface area contributed by atoms with E-state index in [-0.39, 0.29) is 0 Å². The average molecular weight is 263 g/mol. The molecule has 1 spiro atoms. The van der Waals surface area contributed by atoms with Crippen molar-refractivity contribution < 1.29 is 0 Å². The first kappa shape index (κ1) is 12.0. The van der Waals surface area contributed by atoms with Crippen LogP contribution in [0.2, 0.25) is 0 Å². The Morgan fingerprint density at radius 1 is 0.850 bits per heavy atom. The standard InChI is InChI=1S/C19H21N/c20-18-16(14-6-2-1-3-7-14)9-8-15-10-13-19(17(15)18)11-4-5-12-19/h1-3,6-9H,4-5,10-13,20H2. The number of rotatable bonds is 1. The molecule has 0 aromatic heterocycles. The number of nitrogen functional groups attached to an aromatic ring is 1. The third-order valence-corrected chi connectivity index (χ3v) is 5.38. The first-order valence-electron chi connectivity index (χ1n) is 7.77. The molecule has 0 atom stereocenters. The molecule has 2 aliphatic rings. The molecule has 2 aromatic rings. The van der Waals surface area contributed by atoms with Crippen molar-refractivity contribution in [2.75, 3.05) is 5.73 Å². The maximum absolute atomic E-state index is 6.62. The minimum Gasteiger partial charge on any atom is -0.398 e. The number of nitrogens with two attached hydrogens (primary N) is 1. The van der Waals surface area contributed by atoms with Gasteiger partial charge in [0, 0.05) is 11.3 Å². The quantitative estimate of drug-likeness (QED) is 0.742. The minimum absolute atomic E-state index is 0.407. The van der Waals surface area contributed by atoms with Crippen molar-refractivity contribution in [3.63, 3.8) is 0 Å². The molecule has 0 bridgehead atoms. The molecule has 20 heavy (non-hydrogen) atoms. The van der Waals surface area contributed by atoms with E-state index in [0.717, 1.165) is 5.69 Å². The fourth-order valence-corrected chi connectivity index (χ4v) is 4.42. The van der Waals surface area contributed by atoms with Crippen LogP contribution < -0.4 is 5.73 Å². The van der Waals surface area contributed by atoms with Crippen LogP contribution in [-0.2, 0) is 11.8 Å². The van der Waals surface area contributed by atoms with Gasteiger partial charge in [0.15, 0.2) is 0 Å². The summed E-state index contributed by atoms with van der Waals surface area (Å²) in [6, 6.07) is 15.1. The molecule has 1 saturated carbocycles. The lowest BCUT2D eigenvalue weighted by Gasteiger charge is -2.27. The minimum atomic E-state index is 0.407. The van der Waals surface area contributed by atoms with E-state index in [1.54, 1.807) is 0 Å². The molecule has 1 fully saturated rings. The number of hydrogen-bond donors (Lipinski definition) is 1. The first-order valence-corrected chi connectivity index (χ1v) is 7.77. The van der Waals surface area contributed by atoms with Gasteiger partial charge in [-0.05, 0) is 47.8 Å². The largest absolute Gasteiger partial charge is 0.398 e. The summed E-state index contributed by atoms with van der Waals surface area (Å²) in [4.78, 5) is 0. The molecule has 2 aromatic carbocycles. The molecular formula is C19H21N. The highest BCUT2D eigenvalue weighted by Gasteiger charge is 2.42. The van der Waals surface area contributed by atoms with Crippen LogP contribution in [0.5, 0.6) is 0 Å². The van der Waals surface area contributed by atoms with E-state index in [4.69, 9.17) is 5.73 Å². The van der Waals surface area contributed by atoms with Crippen LogP contribution in [0.15, 0.2) is 42.5 Å². The average Bonchev–Trinajstić information content (AvgIpc) is 3.10. The highest BCUT2D eigenvalue weighted by Crippen LogP contribution is 2.53. The van der Waals surface area contributed by atoms with Crippen LogP contribution in [0.4, 0.5) is 5.69 Å². The third kappa shape index (κ3) is 1.62. The van der Waals surface area contributed by atoms with E-state index in [0.29, 0.717) is 5.41 Å². The van der Waals surface area contributed by atoms with Crippen LogP contribution in [-0.4, -0.2) is 0 Å². The molecule has 0 heterocycles. The van der Waals surface area contributed by atoms with Gasteiger partial charge in [-0.1, -0.05) is 55.3 Å². The number of hydrogen-bond acceptors (Lipinski definition) is 1. The second kappa shape index (κ2) is 4.37. The topological polar surface area (TPSA) is 26.0 Å². The van der Waals surface area contributed by atoms with E-state index in [1.807, 2.05) is 0 Å². The SMILES string of the molecule is Nc1c(-c2ccccc2)ccc2c1C1(CCCC1)CC2. The Morgan fingerprint density at radius 2 is 1.60 bits per heavy atom. The fourth-order valence-electron chi connectivity index (χ4n) is 4.42. The summed E-state index contributed by atoms with van der Waals surface area (Å²) >= 11 is 0. The molecule has 0 unspecified atom stereocenters. The Hall–Kier alpha value is -1.76. The van der Waals surface area contributed by atoms with Crippen molar-refractivity contribution in [2.45, 2.75) is 43.9 Å². The zero-order valence-electron chi connectivity index (χ0n) is 11.9. The van der Waals surface area contributed by atoms with E-state index in [9.17, 15) is 0 Å². The lowest BCUT2D eigenvalue weighted by Crippen LogP contribution is -2.19. The molecule has 1 nitrogen and oxygen atoms in total. The van der Waals surface area contributed by atoms with Gasteiger partial charge >= 0.3 is 0 Å². The van der Waals surface area contributed by atoms with Gasteiger partial charge in [0.1, 0.15) is 0 Å². The molecule has 102 valence electrons. The van der Waals surface area contributed by atoms with Gasteiger partial charge in [0.25, 0.3) is 0 Å². The summed E-state index contributed by atoms with van der Waals surface area (Å²) in [5.41, 5.74) is 13.5. The summed E-state index contributed by atoms with van der Waals surface area (Å²) in [6.07, 6.45) is 7.94. The lowest BCUT2D eigenvalue weighted by atomic mass is 9.78. The summed E-state index contributed by atoms with van der Waals surface area (Å²) in [5.74, 6) is 0. The van der Waals surface area contributed by atoms with Crippen LogP contribution in [0.3, 0.4) is 0 Å². The van der Waals surface area contributed by atoms with Crippen LogP contribution in [0, 0.1) is 0 Å². The number of anilines is 1. The Bertz CT molecular complexity index is 636. The lowest BCUT2D eigenvalue weighted by molar-refractivity contribution is 0.440. The summed E-state index contributed by atoms with van der Waals surface area (Å²) in [7, 11) is 0.